The van der Waals surface area contributed by atoms with Gasteiger partial charge >= 0.3 is 0 Å². The van der Waals surface area contributed by atoms with E-state index in [0.717, 1.165) is 30.6 Å². The second-order valence-electron chi connectivity index (χ2n) is 6.14. The van der Waals surface area contributed by atoms with Crippen molar-refractivity contribution in [3.8, 4) is 0 Å². The second-order valence-corrected chi connectivity index (χ2v) is 6.14. The third-order valence-electron chi connectivity index (χ3n) is 4.21. The van der Waals surface area contributed by atoms with Gasteiger partial charge in [0, 0.05) is 19.2 Å². The molecule has 2 N–H and O–H groups in total. The van der Waals surface area contributed by atoms with Gasteiger partial charge in [-0.2, -0.15) is 0 Å². The fourth-order valence-electron chi connectivity index (χ4n) is 2.90. The summed E-state index contributed by atoms with van der Waals surface area (Å²) in [6, 6.07) is 1.98. The lowest BCUT2D eigenvalue weighted by atomic mass is 9.78. The van der Waals surface area contributed by atoms with E-state index in [1.807, 2.05) is 6.07 Å². The number of nitrogens with one attached hydrogen (secondary N) is 2. The maximum absolute atomic E-state index is 4.29. The van der Waals surface area contributed by atoms with E-state index in [0.29, 0.717) is 5.41 Å². The fourth-order valence-corrected chi connectivity index (χ4v) is 2.90. The zero-order chi connectivity index (χ0) is 13.7. The van der Waals surface area contributed by atoms with Gasteiger partial charge in [0.25, 0.3) is 0 Å². The van der Waals surface area contributed by atoms with Gasteiger partial charge in [-0.1, -0.05) is 26.7 Å². The van der Waals surface area contributed by atoms with E-state index in [4.69, 9.17) is 0 Å². The average molecular weight is 262 g/mol. The van der Waals surface area contributed by atoms with E-state index in [1.165, 1.54) is 25.7 Å². The van der Waals surface area contributed by atoms with Gasteiger partial charge in [0.05, 0.1) is 0 Å². The predicted molar refractivity (Wildman–Crippen MR) is 80.4 cm³/mol. The highest BCUT2D eigenvalue weighted by Gasteiger charge is 2.31. The summed E-state index contributed by atoms with van der Waals surface area (Å²) in [7, 11) is 0. The maximum Gasteiger partial charge on any atom is 0.131 e. The average Bonchev–Trinajstić information content (AvgIpc) is 2.92. The van der Waals surface area contributed by atoms with Crippen molar-refractivity contribution in [2.24, 2.45) is 11.3 Å². The van der Waals surface area contributed by atoms with Crippen LogP contribution >= 0.6 is 0 Å². The van der Waals surface area contributed by atoms with Gasteiger partial charge in [0.2, 0.25) is 0 Å². The van der Waals surface area contributed by atoms with Crippen molar-refractivity contribution in [3.63, 3.8) is 0 Å². The highest BCUT2D eigenvalue weighted by atomic mass is 15.1. The molecule has 0 unspecified atom stereocenters. The zero-order valence-electron chi connectivity index (χ0n) is 12.4. The van der Waals surface area contributed by atoms with Crippen LogP contribution in [0.15, 0.2) is 12.4 Å². The first-order valence-corrected chi connectivity index (χ1v) is 7.41. The minimum Gasteiger partial charge on any atom is -0.370 e. The van der Waals surface area contributed by atoms with Gasteiger partial charge in [-0.15, -0.1) is 0 Å². The van der Waals surface area contributed by atoms with Crippen LogP contribution in [0.2, 0.25) is 0 Å². The van der Waals surface area contributed by atoms with Crippen LogP contribution in [0.1, 0.15) is 46.5 Å². The van der Waals surface area contributed by atoms with Gasteiger partial charge < -0.3 is 10.6 Å². The Morgan fingerprint density at radius 2 is 1.79 bits per heavy atom. The molecule has 0 radical (unpaired) electrons. The van der Waals surface area contributed by atoms with E-state index in [1.54, 1.807) is 6.33 Å². The van der Waals surface area contributed by atoms with Gasteiger partial charge in [-0.3, -0.25) is 0 Å². The summed E-state index contributed by atoms with van der Waals surface area (Å²) in [5, 5.41) is 6.68. The Morgan fingerprint density at radius 3 is 2.42 bits per heavy atom. The highest BCUT2D eigenvalue weighted by Crippen LogP contribution is 2.39. The molecule has 1 aliphatic rings. The fraction of sp³-hybridized carbons (Fsp3) is 0.733. The second kappa shape index (κ2) is 6.22. The quantitative estimate of drug-likeness (QED) is 0.823. The van der Waals surface area contributed by atoms with Crippen LogP contribution in [0.3, 0.4) is 0 Å². The normalized spacial score (nSPS) is 16.6. The molecule has 0 atom stereocenters. The Labute approximate surface area is 116 Å². The lowest BCUT2D eigenvalue weighted by molar-refractivity contribution is 0.234. The van der Waals surface area contributed by atoms with E-state index in [-0.39, 0.29) is 0 Å². The zero-order valence-corrected chi connectivity index (χ0v) is 12.4. The molecule has 1 saturated carbocycles. The molecule has 4 nitrogen and oxygen atoms in total. The largest absolute Gasteiger partial charge is 0.370 e. The summed E-state index contributed by atoms with van der Waals surface area (Å²) in [5.41, 5.74) is 0.333. The standard InChI is InChI=1S/C15H26N4/c1-4-16-13-9-14(19-11-18-13)17-10-15(2,3)12-7-5-6-8-12/h9,11-12H,4-8,10H2,1-3H3,(H2,16,17,18,19). The summed E-state index contributed by atoms with van der Waals surface area (Å²) < 4.78 is 0. The predicted octanol–water partition coefficient (Wildman–Crippen LogP) is 3.54. The van der Waals surface area contributed by atoms with Crippen LogP contribution in [0.4, 0.5) is 11.6 Å². The maximum atomic E-state index is 4.29. The van der Waals surface area contributed by atoms with Gasteiger partial charge in [0.15, 0.2) is 0 Å². The monoisotopic (exact) mass is 262 g/mol. The summed E-state index contributed by atoms with van der Waals surface area (Å²) >= 11 is 0. The highest BCUT2D eigenvalue weighted by molar-refractivity contribution is 5.46. The van der Waals surface area contributed by atoms with E-state index in [9.17, 15) is 0 Å². The molecule has 106 valence electrons. The molecule has 1 aromatic heterocycles. The first-order chi connectivity index (χ1) is 9.12. The molecular formula is C15H26N4. The van der Waals surface area contributed by atoms with Crippen LogP contribution in [-0.2, 0) is 0 Å². The molecule has 0 aliphatic heterocycles. The SMILES string of the molecule is CCNc1cc(NCC(C)(C)C2CCCC2)ncn1. The third kappa shape index (κ3) is 3.82. The molecule has 1 heterocycles. The minimum atomic E-state index is 0.333. The summed E-state index contributed by atoms with van der Waals surface area (Å²) in [5.74, 6) is 2.64. The lowest BCUT2D eigenvalue weighted by Crippen LogP contribution is -2.30. The van der Waals surface area contributed by atoms with Crippen molar-refractivity contribution < 1.29 is 0 Å². The van der Waals surface area contributed by atoms with Crippen LogP contribution < -0.4 is 10.6 Å². The third-order valence-corrected chi connectivity index (χ3v) is 4.21. The summed E-state index contributed by atoms with van der Waals surface area (Å²) in [6.45, 7) is 8.65. The first kappa shape index (κ1) is 14.1. The Kier molecular flexibility index (Phi) is 4.61. The van der Waals surface area contributed by atoms with Crippen molar-refractivity contribution in [3.05, 3.63) is 12.4 Å². The Morgan fingerprint density at radius 1 is 1.16 bits per heavy atom. The van der Waals surface area contributed by atoms with Crippen molar-refractivity contribution in [1.29, 1.82) is 0 Å². The first-order valence-electron chi connectivity index (χ1n) is 7.41. The van der Waals surface area contributed by atoms with Crippen molar-refractivity contribution in [1.82, 2.24) is 9.97 Å². The van der Waals surface area contributed by atoms with Crippen LogP contribution in [0.25, 0.3) is 0 Å². The van der Waals surface area contributed by atoms with Crippen molar-refractivity contribution >= 4 is 11.6 Å². The molecule has 19 heavy (non-hydrogen) atoms. The Bertz CT molecular complexity index is 397. The van der Waals surface area contributed by atoms with Gasteiger partial charge in [-0.05, 0) is 31.1 Å². The van der Waals surface area contributed by atoms with Crippen LogP contribution in [-0.4, -0.2) is 23.1 Å². The minimum absolute atomic E-state index is 0.333. The van der Waals surface area contributed by atoms with Crippen LogP contribution in [0, 0.1) is 11.3 Å². The number of hydrogen-bond donors (Lipinski definition) is 2. The molecule has 1 fully saturated rings. The molecule has 0 spiro atoms. The number of hydrogen-bond acceptors (Lipinski definition) is 4. The van der Waals surface area contributed by atoms with E-state index in [2.05, 4.69) is 41.4 Å². The smallest absolute Gasteiger partial charge is 0.131 e. The number of aromatic nitrogens is 2. The summed E-state index contributed by atoms with van der Waals surface area (Å²) in [6.07, 6.45) is 7.16. The van der Waals surface area contributed by atoms with Gasteiger partial charge in [0.1, 0.15) is 18.0 Å². The molecule has 1 aromatic rings. The molecule has 0 bridgehead atoms. The topological polar surface area (TPSA) is 49.8 Å². The molecule has 0 saturated heterocycles. The Balaban J connectivity index is 1.92. The van der Waals surface area contributed by atoms with Crippen LogP contribution in [0.5, 0.6) is 0 Å². The van der Waals surface area contributed by atoms with Crippen molar-refractivity contribution in [2.45, 2.75) is 46.5 Å². The van der Waals surface area contributed by atoms with Gasteiger partial charge in [-0.25, -0.2) is 9.97 Å². The van der Waals surface area contributed by atoms with E-state index < -0.39 is 0 Å². The molecule has 4 heteroatoms. The molecule has 0 aromatic carbocycles. The van der Waals surface area contributed by atoms with E-state index >= 15 is 0 Å². The molecule has 1 aliphatic carbocycles. The lowest BCUT2D eigenvalue weighted by Gasteiger charge is -2.32. The Hall–Kier alpha value is -1.32. The molecule has 2 rings (SSSR count). The molecule has 0 amide bonds. The van der Waals surface area contributed by atoms with Crippen molar-refractivity contribution in [2.75, 3.05) is 23.7 Å². The summed E-state index contributed by atoms with van der Waals surface area (Å²) in [4.78, 5) is 8.48. The number of anilines is 2. The number of nitrogens with zero attached hydrogens (tertiary/aromatic N) is 2. The number of rotatable bonds is 6. The molecular weight excluding hydrogens is 236 g/mol.